The van der Waals surface area contributed by atoms with E-state index in [0.717, 1.165) is 28.1 Å². The monoisotopic (exact) mass is 361 g/mol. The van der Waals surface area contributed by atoms with Crippen LogP contribution in [0.4, 0.5) is 0 Å². The van der Waals surface area contributed by atoms with Gasteiger partial charge >= 0.3 is 0 Å². The summed E-state index contributed by atoms with van der Waals surface area (Å²) in [4.78, 5) is 25.4. The molecule has 2 aliphatic rings. The molecule has 2 aromatic rings. The van der Waals surface area contributed by atoms with Gasteiger partial charge in [0.2, 0.25) is 5.91 Å². The Kier molecular flexibility index (Phi) is 4.56. The maximum atomic E-state index is 13.1. The Morgan fingerprint density at radius 1 is 0.963 bits per heavy atom. The fourth-order valence-corrected chi connectivity index (χ4v) is 4.18. The number of methoxy groups -OCH3 is 1. The van der Waals surface area contributed by atoms with Gasteiger partial charge in [0.15, 0.2) is 5.78 Å². The van der Waals surface area contributed by atoms with Crippen LogP contribution < -0.4 is 10.1 Å². The number of ether oxygens (including phenoxy) is 1. The highest BCUT2D eigenvalue weighted by molar-refractivity contribution is 6.02. The van der Waals surface area contributed by atoms with Crippen molar-refractivity contribution >= 4 is 11.7 Å². The number of rotatable bonds is 3. The van der Waals surface area contributed by atoms with E-state index in [4.69, 9.17) is 4.74 Å². The van der Waals surface area contributed by atoms with Crippen LogP contribution >= 0.6 is 0 Å². The lowest BCUT2D eigenvalue weighted by Gasteiger charge is -2.34. The van der Waals surface area contributed by atoms with Crippen molar-refractivity contribution in [1.29, 1.82) is 0 Å². The molecule has 0 bridgehead atoms. The number of aryl methyl sites for hydroxylation is 1. The molecule has 2 unspecified atom stereocenters. The van der Waals surface area contributed by atoms with Gasteiger partial charge in [0.1, 0.15) is 5.75 Å². The molecule has 4 heteroatoms. The first-order valence-corrected chi connectivity index (χ1v) is 9.31. The van der Waals surface area contributed by atoms with Crippen molar-refractivity contribution in [1.82, 2.24) is 5.32 Å². The van der Waals surface area contributed by atoms with Crippen LogP contribution in [0, 0.1) is 6.92 Å². The number of nitrogens with one attached hydrogen (secondary N) is 1. The van der Waals surface area contributed by atoms with Gasteiger partial charge in [0, 0.05) is 30.0 Å². The van der Waals surface area contributed by atoms with Crippen LogP contribution in [-0.4, -0.2) is 18.8 Å². The summed E-state index contributed by atoms with van der Waals surface area (Å²) in [6.45, 7) is 2.05. The summed E-state index contributed by atoms with van der Waals surface area (Å²) >= 11 is 0. The van der Waals surface area contributed by atoms with Crippen molar-refractivity contribution in [3.8, 4) is 5.75 Å². The van der Waals surface area contributed by atoms with E-state index >= 15 is 0 Å². The van der Waals surface area contributed by atoms with Crippen LogP contribution in [0.5, 0.6) is 5.75 Å². The van der Waals surface area contributed by atoms with Crippen molar-refractivity contribution in [2.24, 2.45) is 0 Å². The molecule has 0 aromatic heterocycles. The summed E-state index contributed by atoms with van der Waals surface area (Å²) in [6.07, 6.45) is 1.47. The molecule has 4 nitrogen and oxygen atoms in total. The quantitative estimate of drug-likeness (QED) is 0.899. The molecule has 138 valence electrons. The lowest BCUT2D eigenvalue weighted by atomic mass is 9.73. The molecule has 2 aromatic carbocycles. The molecule has 2 atom stereocenters. The predicted molar refractivity (Wildman–Crippen MR) is 104 cm³/mol. The SMILES string of the molecule is COc1cccc(C2CC(=O)NC3=C2C(=O)CC(c2ccc(C)cc2)C3)c1. The van der Waals surface area contributed by atoms with E-state index in [1.165, 1.54) is 5.56 Å². The Morgan fingerprint density at radius 2 is 1.74 bits per heavy atom. The summed E-state index contributed by atoms with van der Waals surface area (Å²) < 4.78 is 5.32. The minimum absolute atomic E-state index is 0.0288. The number of allylic oxidation sites excluding steroid dienone is 2. The second-order valence-corrected chi connectivity index (χ2v) is 7.41. The minimum Gasteiger partial charge on any atom is -0.497 e. The van der Waals surface area contributed by atoms with E-state index in [1.807, 2.05) is 24.3 Å². The third-order valence-electron chi connectivity index (χ3n) is 5.58. The third kappa shape index (κ3) is 3.39. The molecule has 0 saturated carbocycles. The van der Waals surface area contributed by atoms with Gasteiger partial charge in [-0.2, -0.15) is 0 Å². The second-order valence-electron chi connectivity index (χ2n) is 7.41. The number of carbonyl (C=O) groups is 2. The molecular weight excluding hydrogens is 338 g/mol. The van der Waals surface area contributed by atoms with Gasteiger partial charge in [0.25, 0.3) is 0 Å². The minimum atomic E-state index is -0.199. The summed E-state index contributed by atoms with van der Waals surface area (Å²) in [7, 11) is 1.62. The fraction of sp³-hybridized carbons (Fsp3) is 0.304. The first-order chi connectivity index (χ1) is 13.0. The van der Waals surface area contributed by atoms with E-state index in [9.17, 15) is 9.59 Å². The van der Waals surface area contributed by atoms with Crippen molar-refractivity contribution in [3.63, 3.8) is 0 Å². The highest BCUT2D eigenvalue weighted by atomic mass is 16.5. The van der Waals surface area contributed by atoms with E-state index in [-0.39, 0.29) is 23.5 Å². The molecule has 0 spiro atoms. The summed E-state index contributed by atoms with van der Waals surface area (Å²) in [6, 6.07) is 16.0. The fourth-order valence-electron chi connectivity index (χ4n) is 4.18. The topological polar surface area (TPSA) is 55.4 Å². The van der Waals surface area contributed by atoms with Gasteiger partial charge in [-0.3, -0.25) is 9.59 Å². The lowest BCUT2D eigenvalue weighted by molar-refractivity contribution is -0.122. The average Bonchev–Trinajstić information content (AvgIpc) is 2.67. The first-order valence-electron chi connectivity index (χ1n) is 9.31. The number of Topliss-reactive ketones (excluding diaryl/α,β-unsaturated/α-hetero) is 1. The third-order valence-corrected chi connectivity index (χ3v) is 5.58. The number of hydrogen-bond donors (Lipinski definition) is 1. The van der Waals surface area contributed by atoms with Crippen LogP contribution in [0.1, 0.15) is 47.8 Å². The average molecular weight is 361 g/mol. The zero-order chi connectivity index (χ0) is 19.0. The van der Waals surface area contributed by atoms with Crippen LogP contribution in [0.3, 0.4) is 0 Å². The molecule has 0 fully saturated rings. The van der Waals surface area contributed by atoms with Crippen LogP contribution in [0.25, 0.3) is 0 Å². The Bertz CT molecular complexity index is 927. The Labute approximate surface area is 159 Å². The van der Waals surface area contributed by atoms with E-state index in [2.05, 4.69) is 36.5 Å². The molecule has 1 N–H and O–H groups in total. The van der Waals surface area contributed by atoms with Crippen LogP contribution in [0.2, 0.25) is 0 Å². The van der Waals surface area contributed by atoms with Gasteiger partial charge < -0.3 is 10.1 Å². The summed E-state index contributed by atoms with van der Waals surface area (Å²) in [5.41, 5.74) is 4.87. The molecule has 4 rings (SSSR count). The van der Waals surface area contributed by atoms with Crippen LogP contribution in [-0.2, 0) is 9.59 Å². The number of ketones is 1. The molecule has 0 radical (unpaired) electrons. The molecule has 27 heavy (non-hydrogen) atoms. The van der Waals surface area contributed by atoms with Gasteiger partial charge in [0.05, 0.1) is 7.11 Å². The standard InChI is InChI=1S/C23H23NO3/c1-14-6-8-15(9-7-14)17-11-20-23(21(25)12-17)19(13-22(26)24-20)16-4-3-5-18(10-16)27-2/h3-10,17,19H,11-13H2,1-2H3,(H,24,26). The van der Waals surface area contributed by atoms with Crippen molar-refractivity contribution in [2.45, 2.75) is 38.0 Å². The second kappa shape index (κ2) is 7.03. The Morgan fingerprint density at radius 3 is 2.48 bits per heavy atom. The lowest BCUT2D eigenvalue weighted by Crippen LogP contribution is -2.38. The van der Waals surface area contributed by atoms with Gasteiger partial charge in [-0.05, 0) is 42.5 Å². The smallest absolute Gasteiger partial charge is 0.225 e. The Hall–Kier alpha value is -2.88. The first kappa shape index (κ1) is 17.5. The summed E-state index contributed by atoms with van der Waals surface area (Å²) in [5, 5.41) is 2.98. The molecular formula is C23H23NO3. The number of amides is 1. The molecule has 1 heterocycles. The molecule has 1 aliphatic heterocycles. The highest BCUT2D eigenvalue weighted by Gasteiger charge is 2.38. The maximum absolute atomic E-state index is 13.1. The van der Waals surface area contributed by atoms with Crippen molar-refractivity contribution in [3.05, 3.63) is 76.5 Å². The van der Waals surface area contributed by atoms with E-state index in [0.29, 0.717) is 19.3 Å². The van der Waals surface area contributed by atoms with Gasteiger partial charge in [-0.15, -0.1) is 0 Å². The zero-order valence-corrected chi connectivity index (χ0v) is 15.6. The normalized spacial score (nSPS) is 22.3. The van der Waals surface area contributed by atoms with Gasteiger partial charge in [-0.25, -0.2) is 0 Å². The maximum Gasteiger partial charge on any atom is 0.225 e. The molecule has 0 saturated heterocycles. The van der Waals surface area contributed by atoms with E-state index < -0.39 is 0 Å². The zero-order valence-electron chi connectivity index (χ0n) is 15.6. The van der Waals surface area contributed by atoms with Gasteiger partial charge in [-0.1, -0.05) is 42.0 Å². The number of carbonyl (C=O) groups excluding carboxylic acids is 2. The van der Waals surface area contributed by atoms with Crippen LogP contribution in [0.15, 0.2) is 59.8 Å². The molecule has 1 amide bonds. The largest absolute Gasteiger partial charge is 0.497 e. The summed E-state index contributed by atoms with van der Waals surface area (Å²) in [5.74, 6) is 0.756. The van der Waals surface area contributed by atoms with Crippen molar-refractivity contribution in [2.75, 3.05) is 7.11 Å². The number of benzene rings is 2. The number of hydrogen-bond acceptors (Lipinski definition) is 3. The molecule has 1 aliphatic carbocycles. The highest BCUT2D eigenvalue weighted by Crippen LogP contribution is 2.42. The Balaban J connectivity index is 1.70. The predicted octanol–water partition coefficient (Wildman–Crippen LogP) is 4.01. The van der Waals surface area contributed by atoms with Crippen molar-refractivity contribution < 1.29 is 14.3 Å². The van der Waals surface area contributed by atoms with E-state index in [1.54, 1.807) is 7.11 Å².